The number of carbonyl (C=O) groups excluding carboxylic acids is 2. The topological polar surface area (TPSA) is 96.7 Å². The van der Waals surface area contributed by atoms with Crippen LogP contribution in [0.4, 0.5) is 16.2 Å². The Kier molecular flexibility index (Phi) is 5.85. The summed E-state index contributed by atoms with van der Waals surface area (Å²) in [6.07, 6.45) is 6.10. The van der Waals surface area contributed by atoms with Crippen LogP contribution in [0.15, 0.2) is 18.2 Å². The zero-order valence-electron chi connectivity index (χ0n) is 15.3. The molecule has 3 rings (SSSR count). The number of nitrogens with two attached hydrogens (primary N) is 1. The summed E-state index contributed by atoms with van der Waals surface area (Å²) >= 11 is 0. The molecule has 7 nitrogen and oxygen atoms in total. The van der Waals surface area contributed by atoms with E-state index in [1.54, 1.807) is 30.2 Å². The highest BCUT2D eigenvalue weighted by atomic mass is 16.5. The van der Waals surface area contributed by atoms with Crippen molar-refractivity contribution in [3.8, 4) is 5.75 Å². The predicted molar refractivity (Wildman–Crippen MR) is 101 cm³/mol. The molecule has 0 bridgehead atoms. The summed E-state index contributed by atoms with van der Waals surface area (Å²) in [6, 6.07) is 5.43. The fraction of sp³-hybridized carbons (Fsp3) is 0.579. The van der Waals surface area contributed by atoms with E-state index in [9.17, 15) is 9.59 Å². The van der Waals surface area contributed by atoms with Crippen molar-refractivity contribution in [1.82, 2.24) is 10.2 Å². The monoisotopic (exact) mass is 360 g/mol. The number of ether oxygens (including phenoxy) is 1. The van der Waals surface area contributed by atoms with Crippen LogP contribution in [0, 0.1) is 5.92 Å². The highest BCUT2D eigenvalue weighted by Gasteiger charge is 2.29. The van der Waals surface area contributed by atoms with Gasteiger partial charge < -0.3 is 26.0 Å². The van der Waals surface area contributed by atoms with Crippen LogP contribution in [0.5, 0.6) is 5.75 Å². The van der Waals surface area contributed by atoms with Gasteiger partial charge in [0.15, 0.2) is 0 Å². The number of amides is 3. The van der Waals surface area contributed by atoms with E-state index < -0.39 is 0 Å². The number of urea groups is 1. The molecule has 26 heavy (non-hydrogen) atoms. The van der Waals surface area contributed by atoms with Crippen molar-refractivity contribution < 1.29 is 14.3 Å². The summed E-state index contributed by atoms with van der Waals surface area (Å²) in [4.78, 5) is 26.8. The van der Waals surface area contributed by atoms with Crippen molar-refractivity contribution in [3.05, 3.63) is 18.2 Å². The Morgan fingerprint density at radius 1 is 1.19 bits per heavy atom. The molecule has 0 spiro atoms. The lowest BCUT2D eigenvalue weighted by atomic mass is 9.97. The van der Waals surface area contributed by atoms with Gasteiger partial charge in [-0.05, 0) is 43.9 Å². The zero-order valence-corrected chi connectivity index (χ0v) is 15.3. The molecule has 2 fully saturated rings. The Morgan fingerprint density at radius 3 is 2.65 bits per heavy atom. The van der Waals surface area contributed by atoms with Crippen molar-refractivity contribution in [2.24, 2.45) is 5.92 Å². The third kappa shape index (κ3) is 4.39. The first-order valence-electron chi connectivity index (χ1n) is 9.36. The van der Waals surface area contributed by atoms with E-state index in [1.165, 1.54) is 12.8 Å². The second-order valence-corrected chi connectivity index (χ2v) is 7.16. The van der Waals surface area contributed by atoms with Gasteiger partial charge in [-0.2, -0.15) is 0 Å². The number of hydrogen-bond acceptors (Lipinski definition) is 4. The van der Waals surface area contributed by atoms with Gasteiger partial charge in [-0.25, -0.2) is 4.79 Å². The van der Waals surface area contributed by atoms with Crippen LogP contribution < -0.4 is 21.1 Å². The fourth-order valence-electron chi connectivity index (χ4n) is 3.77. The number of nitrogens with zero attached hydrogens (tertiary/aromatic N) is 1. The van der Waals surface area contributed by atoms with Crippen LogP contribution in [0.3, 0.4) is 0 Å². The molecule has 0 radical (unpaired) electrons. The minimum Gasteiger partial charge on any atom is -0.495 e. The minimum atomic E-state index is -0.207. The third-order valence-electron chi connectivity index (χ3n) is 5.26. The van der Waals surface area contributed by atoms with Gasteiger partial charge in [0.25, 0.3) is 0 Å². The standard InChI is InChI=1S/C19H28N4O3/c1-26-17-9-8-15(11-16(17)20)21-18(24)13-5-4-10-23(12-13)19(25)22-14-6-2-3-7-14/h8-9,11,13-14H,2-7,10,12,20H2,1H3,(H,21,24)(H,22,25). The Morgan fingerprint density at radius 2 is 1.96 bits per heavy atom. The molecular weight excluding hydrogens is 332 g/mol. The van der Waals surface area contributed by atoms with Gasteiger partial charge in [-0.3, -0.25) is 4.79 Å². The lowest BCUT2D eigenvalue weighted by Gasteiger charge is -2.33. The summed E-state index contributed by atoms with van der Waals surface area (Å²) in [6.45, 7) is 1.16. The lowest BCUT2D eigenvalue weighted by Crippen LogP contribution is -2.49. The van der Waals surface area contributed by atoms with Crippen LogP contribution >= 0.6 is 0 Å². The Hall–Kier alpha value is -2.44. The largest absolute Gasteiger partial charge is 0.495 e. The van der Waals surface area contributed by atoms with Crippen LogP contribution in [0.1, 0.15) is 38.5 Å². The number of nitrogen functional groups attached to an aromatic ring is 1. The summed E-state index contributed by atoms with van der Waals surface area (Å²) in [5, 5.41) is 6.01. The van der Waals surface area contributed by atoms with Crippen molar-refractivity contribution in [3.63, 3.8) is 0 Å². The molecule has 4 N–H and O–H groups in total. The van der Waals surface area contributed by atoms with Gasteiger partial charge in [0.1, 0.15) is 5.75 Å². The van der Waals surface area contributed by atoms with E-state index in [0.29, 0.717) is 36.3 Å². The van der Waals surface area contributed by atoms with E-state index in [2.05, 4.69) is 10.6 Å². The van der Waals surface area contributed by atoms with E-state index in [-0.39, 0.29) is 17.9 Å². The average Bonchev–Trinajstić information content (AvgIpc) is 3.15. The normalized spacial score (nSPS) is 20.7. The molecule has 1 aliphatic carbocycles. The summed E-state index contributed by atoms with van der Waals surface area (Å²) in [7, 11) is 1.55. The fourth-order valence-corrected chi connectivity index (χ4v) is 3.77. The number of hydrogen-bond donors (Lipinski definition) is 3. The van der Waals surface area contributed by atoms with Gasteiger partial charge in [-0.1, -0.05) is 12.8 Å². The van der Waals surface area contributed by atoms with Crippen LogP contribution in [0.2, 0.25) is 0 Å². The Balaban J connectivity index is 1.55. The van der Waals surface area contributed by atoms with Gasteiger partial charge in [0.05, 0.1) is 18.7 Å². The molecule has 1 heterocycles. The number of likely N-dealkylation sites (tertiary alicyclic amines) is 1. The summed E-state index contributed by atoms with van der Waals surface area (Å²) < 4.78 is 5.13. The molecule has 2 aliphatic rings. The van der Waals surface area contributed by atoms with Crippen LogP contribution in [0.25, 0.3) is 0 Å². The Labute approximate surface area is 154 Å². The first kappa shape index (κ1) is 18.4. The quantitative estimate of drug-likeness (QED) is 0.719. The second-order valence-electron chi connectivity index (χ2n) is 7.16. The van der Waals surface area contributed by atoms with Gasteiger partial charge in [-0.15, -0.1) is 0 Å². The molecule has 7 heteroatoms. The number of carbonyl (C=O) groups is 2. The highest BCUT2D eigenvalue weighted by molar-refractivity contribution is 5.93. The van der Waals surface area contributed by atoms with Gasteiger partial charge in [0, 0.05) is 24.8 Å². The molecule has 142 valence electrons. The van der Waals surface area contributed by atoms with Crippen molar-refractivity contribution in [1.29, 1.82) is 0 Å². The van der Waals surface area contributed by atoms with Crippen molar-refractivity contribution in [2.75, 3.05) is 31.2 Å². The average molecular weight is 360 g/mol. The van der Waals surface area contributed by atoms with E-state index in [4.69, 9.17) is 10.5 Å². The first-order chi connectivity index (χ1) is 12.6. The highest BCUT2D eigenvalue weighted by Crippen LogP contribution is 2.26. The molecule has 1 aliphatic heterocycles. The van der Waals surface area contributed by atoms with Gasteiger partial charge >= 0.3 is 6.03 Å². The van der Waals surface area contributed by atoms with Crippen molar-refractivity contribution in [2.45, 2.75) is 44.6 Å². The zero-order chi connectivity index (χ0) is 18.5. The second kappa shape index (κ2) is 8.29. The van der Waals surface area contributed by atoms with Crippen molar-refractivity contribution >= 4 is 23.3 Å². The number of piperidine rings is 1. The summed E-state index contributed by atoms with van der Waals surface area (Å²) in [5.74, 6) is 0.296. The minimum absolute atomic E-state index is 0.0388. The maximum atomic E-state index is 12.6. The maximum absolute atomic E-state index is 12.6. The number of methoxy groups -OCH3 is 1. The molecule has 1 aromatic carbocycles. The predicted octanol–water partition coefficient (Wildman–Crippen LogP) is 2.58. The molecule has 1 saturated carbocycles. The van der Waals surface area contributed by atoms with E-state index in [0.717, 1.165) is 25.7 Å². The van der Waals surface area contributed by atoms with Crippen LogP contribution in [-0.4, -0.2) is 43.1 Å². The third-order valence-corrected chi connectivity index (χ3v) is 5.26. The number of anilines is 2. The number of benzene rings is 1. The van der Waals surface area contributed by atoms with Gasteiger partial charge in [0.2, 0.25) is 5.91 Å². The van der Waals surface area contributed by atoms with E-state index >= 15 is 0 Å². The smallest absolute Gasteiger partial charge is 0.317 e. The molecule has 1 atom stereocenters. The molecule has 1 aromatic rings. The molecule has 0 aromatic heterocycles. The van der Waals surface area contributed by atoms with Crippen LogP contribution in [-0.2, 0) is 4.79 Å². The maximum Gasteiger partial charge on any atom is 0.317 e. The Bertz CT molecular complexity index is 658. The summed E-state index contributed by atoms with van der Waals surface area (Å²) in [5.41, 5.74) is 7.01. The molecule has 1 saturated heterocycles. The first-order valence-corrected chi connectivity index (χ1v) is 9.36. The molecular formula is C19H28N4O3. The van der Waals surface area contributed by atoms with E-state index in [1.807, 2.05) is 0 Å². The number of rotatable bonds is 4. The molecule has 1 unspecified atom stereocenters. The SMILES string of the molecule is COc1ccc(NC(=O)C2CCCN(C(=O)NC3CCCC3)C2)cc1N. The molecule has 3 amide bonds. The lowest BCUT2D eigenvalue weighted by molar-refractivity contribution is -0.121. The number of nitrogens with one attached hydrogen (secondary N) is 2.